The minimum Gasteiger partial charge on any atom is -0.361 e. The number of H-pyrrole nitrogens is 1. The van der Waals surface area contributed by atoms with E-state index in [0.29, 0.717) is 35.5 Å². The van der Waals surface area contributed by atoms with E-state index < -0.39 is 11.7 Å². The summed E-state index contributed by atoms with van der Waals surface area (Å²) in [5, 5.41) is 8.43. The van der Waals surface area contributed by atoms with E-state index in [9.17, 15) is 18.0 Å². The number of aromatic nitrogens is 3. The number of halogens is 3. The molecule has 0 saturated heterocycles. The summed E-state index contributed by atoms with van der Waals surface area (Å²) in [5.74, 6) is -0.139. The summed E-state index contributed by atoms with van der Waals surface area (Å²) < 4.78 is 40.6. The monoisotopic (exact) mass is 440 g/mol. The van der Waals surface area contributed by atoms with Gasteiger partial charge in [-0.3, -0.25) is 9.48 Å². The second kappa shape index (κ2) is 8.53. The number of carbonyl (C=O) groups excluding carboxylic acids is 1. The van der Waals surface area contributed by atoms with Crippen LogP contribution in [0.4, 0.5) is 18.9 Å². The van der Waals surface area contributed by atoms with Crippen molar-refractivity contribution in [2.45, 2.75) is 39.4 Å². The van der Waals surface area contributed by atoms with E-state index in [4.69, 9.17) is 0 Å². The number of para-hydroxylation sites is 1. The Kier molecular flexibility index (Phi) is 5.78. The highest BCUT2D eigenvalue weighted by Gasteiger charge is 2.30. The number of benzene rings is 2. The van der Waals surface area contributed by atoms with Crippen molar-refractivity contribution in [1.82, 2.24) is 14.8 Å². The fraction of sp³-hybridized carbons (Fsp3) is 0.250. The largest absolute Gasteiger partial charge is 0.416 e. The van der Waals surface area contributed by atoms with Gasteiger partial charge in [-0.25, -0.2) is 0 Å². The number of aryl methyl sites for hydroxylation is 2. The molecule has 0 saturated carbocycles. The highest BCUT2D eigenvalue weighted by molar-refractivity contribution is 5.92. The molecule has 2 aromatic carbocycles. The summed E-state index contributed by atoms with van der Waals surface area (Å²) in [7, 11) is 0. The fourth-order valence-electron chi connectivity index (χ4n) is 3.84. The van der Waals surface area contributed by atoms with Crippen molar-refractivity contribution >= 4 is 22.5 Å². The Morgan fingerprint density at radius 3 is 2.69 bits per heavy atom. The number of anilines is 1. The summed E-state index contributed by atoms with van der Waals surface area (Å²) in [6.07, 6.45) is -1.58. The third-order valence-corrected chi connectivity index (χ3v) is 5.53. The topological polar surface area (TPSA) is 62.7 Å². The minimum atomic E-state index is -4.39. The molecule has 4 aromatic rings. The maximum Gasteiger partial charge on any atom is 0.416 e. The number of hydrogen-bond donors (Lipinski definition) is 2. The van der Waals surface area contributed by atoms with Crippen molar-refractivity contribution in [2.24, 2.45) is 0 Å². The van der Waals surface area contributed by atoms with Crippen molar-refractivity contribution in [3.8, 4) is 0 Å². The molecule has 32 heavy (non-hydrogen) atoms. The lowest BCUT2D eigenvalue weighted by atomic mass is 10.1. The third-order valence-electron chi connectivity index (χ3n) is 5.53. The summed E-state index contributed by atoms with van der Waals surface area (Å²) in [6, 6.07) is 13.1. The molecule has 0 spiro atoms. The molecule has 0 aliphatic rings. The SMILES string of the molecule is Cc1nn(Cc2cccc(C(F)(F)F)c2)c(C)c1NC(=O)CCc1c[nH]c2ccccc12. The first-order chi connectivity index (χ1) is 15.2. The average molecular weight is 440 g/mol. The predicted molar refractivity (Wildman–Crippen MR) is 117 cm³/mol. The molecule has 2 N–H and O–H groups in total. The number of aromatic amines is 1. The van der Waals surface area contributed by atoms with Crippen LogP contribution in [0.15, 0.2) is 54.7 Å². The van der Waals surface area contributed by atoms with E-state index in [-0.39, 0.29) is 12.5 Å². The fourth-order valence-corrected chi connectivity index (χ4v) is 3.84. The quantitative estimate of drug-likeness (QED) is 0.409. The highest BCUT2D eigenvalue weighted by Crippen LogP contribution is 2.30. The molecule has 0 radical (unpaired) electrons. The third kappa shape index (κ3) is 4.54. The molecular weight excluding hydrogens is 417 g/mol. The van der Waals surface area contributed by atoms with E-state index in [0.717, 1.165) is 28.6 Å². The minimum absolute atomic E-state index is 0.139. The predicted octanol–water partition coefficient (Wildman–Crippen LogP) is 5.62. The van der Waals surface area contributed by atoms with Crippen molar-refractivity contribution < 1.29 is 18.0 Å². The lowest BCUT2D eigenvalue weighted by Crippen LogP contribution is -2.14. The second-order valence-electron chi connectivity index (χ2n) is 7.81. The first-order valence-electron chi connectivity index (χ1n) is 10.3. The molecular formula is C24H23F3N4O. The van der Waals surface area contributed by atoms with Gasteiger partial charge in [-0.05, 0) is 49.6 Å². The van der Waals surface area contributed by atoms with Gasteiger partial charge in [0.1, 0.15) is 0 Å². The van der Waals surface area contributed by atoms with Gasteiger partial charge in [0.2, 0.25) is 5.91 Å². The Bertz CT molecular complexity index is 1270. The molecule has 2 heterocycles. The van der Waals surface area contributed by atoms with Crippen LogP contribution < -0.4 is 5.32 Å². The van der Waals surface area contributed by atoms with Gasteiger partial charge < -0.3 is 10.3 Å². The zero-order chi connectivity index (χ0) is 22.9. The number of rotatable bonds is 6. The number of amides is 1. The van der Waals surface area contributed by atoms with Crippen LogP contribution in [0, 0.1) is 13.8 Å². The van der Waals surface area contributed by atoms with Crippen LogP contribution in [0.3, 0.4) is 0 Å². The van der Waals surface area contributed by atoms with Crippen LogP contribution in [0.25, 0.3) is 10.9 Å². The van der Waals surface area contributed by atoms with Gasteiger partial charge in [0.05, 0.1) is 29.2 Å². The molecule has 2 aromatic heterocycles. The molecule has 4 rings (SSSR count). The second-order valence-corrected chi connectivity index (χ2v) is 7.81. The van der Waals surface area contributed by atoms with Crippen molar-refractivity contribution in [3.05, 3.63) is 82.8 Å². The van der Waals surface area contributed by atoms with E-state index in [1.54, 1.807) is 24.6 Å². The van der Waals surface area contributed by atoms with Gasteiger partial charge in [-0.1, -0.05) is 30.3 Å². The normalized spacial score (nSPS) is 11.8. The Balaban J connectivity index is 1.44. The Labute approximate surface area is 183 Å². The molecule has 0 bridgehead atoms. The van der Waals surface area contributed by atoms with Gasteiger partial charge >= 0.3 is 6.18 Å². The van der Waals surface area contributed by atoms with Gasteiger partial charge in [-0.15, -0.1) is 0 Å². The molecule has 0 aliphatic heterocycles. The Morgan fingerprint density at radius 1 is 1.12 bits per heavy atom. The molecule has 8 heteroatoms. The van der Waals surface area contributed by atoms with Crippen LogP contribution in [0.5, 0.6) is 0 Å². The van der Waals surface area contributed by atoms with Gasteiger partial charge in [0, 0.05) is 23.5 Å². The van der Waals surface area contributed by atoms with Crippen molar-refractivity contribution in [2.75, 3.05) is 5.32 Å². The first-order valence-corrected chi connectivity index (χ1v) is 10.3. The van der Waals surface area contributed by atoms with Crippen LogP contribution in [0.2, 0.25) is 0 Å². The standard InChI is InChI=1S/C24H23F3N4O/c1-15-23(29-22(32)11-10-18-13-28-21-9-4-3-8-20(18)21)16(2)31(30-15)14-17-6-5-7-19(12-17)24(25,26)27/h3-9,12-13,28H,10-11,14H2,1-2H3,(H,29,32). The molecule has 0 fully saturated rings. The summed E-state index contributed by atoms with van der Waals surface area (Å²) in [5.41, 5.74) is 3.82. The van der Waals surface area contributed by atoms with Gasteiger partial charge in [-0.2, -0.15) is 18.3 Å². The zero-order valence-electron chi connectivity index (χ0n) is 17.8. The van der Waals surface area contributed by atoms with Crippen LogP contribution >= 0.6 is 0 Å². The smallest absolute Gasteiger partial charge is 0.361 e. The van der Waals surface area contributed by atoms with E-state index in [1.807, 2.05) is 30.5 Å². The molecule has 0 unspecified atom stereocenters. The van der Waals surface area contributed by atoms with Crippen molar-refractivity contribution in [3.63, 3.8) is 0 Å². The van der Waals surface area contributed by atoms with E-state index in [2.05, 4.69) is 15.4 Å². The average Bonchev–Trinajstić information content (AvgIpc) is 3.28. The molecule has 166 valence electrons. The van der Waals surface area contributed by atoms with Crippen LogP contribution in [-0.4, -0.2) is 20.7 Å². The van der Waals surface area contributed by atoms with E-state index in [1.165, 1.54) is 6.07 Å². The number of fused-ring (bicyclic) bond motifs is 1. The maximum absolute atomic E-state index is 13.0. The summed E-state index contributed by atoms with van der Waals surface area (Å²) in [4.78, 5) is 15.8. The number of nitrogens with one attached hydrogen (secondary N) is 2. The van der Waals surface area contributed by atoms with Gasteiger partial charge in [0.25, 0.3) is 0 Å². The number of nitrogens with zero attached hydrogens (tertiary/aromatic N) is 2. The van der Waals surface area contributed by atoms with Crippen molar-refractivity contribution in [1.29, 1.82) is 0 Å². The number of hydrogen-bond acceptors (Lipinski definition) is 2. The lowest BCUT2D eigenvalue weighted by Gasteiger charge is -2.10. The zero-order valence-corrected chi connectivity index (χ0v) is 17.8. The number of alkyl halides is 3. The van der Waals surface area contributed by atoms with Gasteiger partial charge in [0.15, 0.2) is 0 Å². The lowest BCUT2D eigenvalue weighted by molar-refractivity contribution is -0.137. The summed E-state index contributed by atoms with van der Waals surface area (Å²) >= 11 is 0. The highest BCUT2D eigenvalue weighted by atomic mass is 19.4. The maximum atomic E-state index is 13.0. The van der Waals surface area contributed by atoms with E-state index >= 15 is 0 Å². The first kappa shape index (κ1) is 21.7. The molecule has 0 atom stereocenters. The summed E-state index contributed by atoms with van der Waals surface area (Å²) in [6.45, 7) is 3.75. The number of carbonyl (C=O) groups is 1. The molecule has 1 amide bonds. The molecule has 5 nitrogen and oxygen atoms in total. The molecule has 0 aliphatic carbocycles. The Hall–Kier alpha value is -3.55. The Morgan fingerprint density at radius 2 is 1.91 bits per heavy atom. The van der Waals surface area contributed by atoms with Crippen LogP contribution in [0.1, 0.15) is 34.5 Å². The van der Waals surface area contributed by atoms with Crippen LogP contribution in [-0.2, 0) is 23.9 Å².